The van der Waals surface area contributed by atoms with Crippen LogP contribution in [0, 0.1) is 5.92 Å². The molecule has 90 valence electrons. The van der Waals surface area contributed by atoms with Gasteiger partial charge in [-0.1, -0.05) is 18.2 Å². The van der Waals surface area contributed by atoms with Gasteiger partial charge in [-0.3, -0.25) is 0 Å². The van der Waals surface area contributed by atoms with Crippen molar-refractivity contribution in [2.24, 2.45) is 5.92 Å². The summed E-state index contributed by atoms with van der Waals surface area (Å²) in [6, 6.07) is 8.56. The molecule has 3 rings (SSSR count). The molecular formula is C15H19NO. The lowest BCUT2D eigenvalue weighted by Crippen LogP contribution is -2.19. The van der Waals surface area contributed by atoms with E-state index in [-0.39, 0.29) is 0 Å². The Labute approximate surface area is 103 Å². The Morgan fingerprint density at radius 1 is 1.18 bits per heavy atom. The van der Waals surface area contributed by atoms with E-state index in [1.807, 2.05) is 0 Å². The van der Waals surface area contributed by atoms with Crippen molar-refractivity contribution in [1.82, 2.24) is 5.32 Å². The van der Waals surface area contributed by atoms with E-state index in [0.29, 0.717) is 0 Å². The molecule has 0 unspecified atom stereocenters. The van der Waals surface area contributed by atoms with Crippen LogP contribution in [-0.4, -0.2) is 19.7 Å². The molecule has 1 aliphatic carbocycles. The fraction of sp³-hybridized carbons (Fsp3) is 0.467. The van der Waals surface area contributed by atoms with Crippen molar-refractivity contribution in [1.29, 1.82) is 0 Å². The average Bonchev–Trinajstić information content (AvgIpc) is 3.22. The molecule has 1 N–H and O–H groups in total. The highest BCUT2D eigenvalue weighted by molar-refractivity contribution is 5.67. The predicted molar refractivity (Wildman–Crippen MR) is 70.1 cm³/mol. The quantitative estimate of drug-likeness (QED) is 0.857. The molecule has 0 radical (unpaired) electrons. The van der Waals surface area contributed by atoms with Crippen LogP contribution < -0.4 is 10.1 Å². The molecule has 1 heterocycles. The third kappa shape index (κ3) is 2.89. The number of hydrogen-bond acceptors (Lipinski definition) is 2. The van der Waals surface area contributed by atoms with Crippen molar-refractivity contribution in [2.45, 2.75) is 19.3 Å². The van der Waals surface area contributed by atoms with E-state index in [0.717, 1.165) is 37.8 Å². The zero-order valence-electron chi connectivity index (χ0n) is 10.1. The number of benzene rings is 1. The normalized spacial score (nSPS) is 19.9. The lowest BCUT2D eigenvalue weighted by molar-refractivity contribution is 0.300. The Morgan fingerprint density at radius 3 is 2.65 bits per heavy atom. The lowest BCUT2D eigenvalue weighted by atomic mass is 10.0. The first-order valence-electron chi connectivity index (χ1n) is 6.55. The van der Waals surface area contributed by atoms with E-state index in [1.54, 1.807) is 0 Å². The Morgan fingerprint density at radius 2 is 2.00 bits per heavy atom. The van der Waals surface area contributed by atoms with Gasteiger partial charge in [-0.15, -0.1) is 0 Å². The van der Waals surface area contributed by atoms with Gasteiger partial charge in [0, 0.05) is 6.54 Å². The fourth-order valence-corrected chi connectivity index (χ4v) is 2.15. The molecule has 2 nitrogen and oxygen atoms in total. The zero-order chi connectivity index (χ0) is 11.5. The second kappa shape index (κ2) is 4.92. The van der Waals surface area contributed by atoms with Crippen molar-refractivity contribution in [3.63, 3.8) is 0 Å². The van der Waals surface area contributed by atoms with Crippen LogP contribution in [0.1, 0.15) is 24.8 Å². The van der Waals surface area contributed by atoms with E-state index < -0.39 is 0 Å². The Kier molecular flexibility index (Phi) is 3.14. The van der Waals surface area contributed by atoms with Gasteiger partial charge in [-0.25, -0.2) is 0 Å². The molecule has 2 aliphatic rings. The minimum absolute atomic E-state index is 0.821. The van der Waals surface area contributed by atoms with E-state index >= 15 is 0 Å². The molecule has 0 atom stereocenters. The topological polar surface area (TPSA) is 21.3 Å². The zero-order valence-corrected chi connectivity index (χ0v) is 10.1. The molecule has 0 aromatic heterocycles. The molecule has 1 aromatic rings. The Bertz CT molecular complexity index is 403. The summed E-state index contributed by atoms with van der Waals surface area (Å²) in [5.74, 6) is 1.83. The molecule has 0 amide bonds. The second-order valence-electron chi connectivity index (χ2n) is 4.96. The highest BCUT2D eigenvalue weighted by Crippen LogP contribution is 2.30. The first-order valence-corrected chi connectivity index (χ1v) is 6.55. The number of rotatable bonds is 4. The highest BCUT2D eigenvalue weighted by Gasteiger charge is 2.21. The third-order valence-electron chi connectivity index (χ3n) is 3.47. The van der Waals surface area contributed by atoms with Gasteiger partial charge in [0.1, 0.15) is 5.75 Å². The van der Waals surface area contributed by atoms with Crippen LogP contribution in [0.5, 0.6) is 5.75 Å². The van der Waals surface area contributed by atoms with Crippen LogP contribution in [0.4, 0.5) is 0 Å². The Hall–Kier alpha value is -1.28. The first kappa shape index (κ1) is 10.8. The van der Waals surface area contributed by atoms with E-state index in [9.17, 15) is 0 Å². The molecule has 0 bridgehead atoms. The second-order valence-corrected chi connectivity index (χ2v) is 4.96. The monoisotopic (exact) mass is 229 g/mol. The summed E-state index contributed by atoms with van der Waals surface area (Å²) in [5, 5.41) is 3.33. The summed E-state index contributed by atoms with van der Waals surface area (Å²) >= 11 is 0. The third-order valence-corrected chi connectivity index (χ3v) is 3.47. The van der Waals surface area contributed by atoms with Crippen LogP contribution in [0.2, 0.25) is 0 Å². The minimum atomic E-state index is 0.821. The van der Waals surface area contributed by atoms with Crippen molar-refractivity contribution >= 4 is 5.57 Å². The molecule has 1 aromatic carbocycles. The average molecular weight is 229 g/mol. The smallest absolute Gasteiger partial charge is 0.119 e. The van der Waals surface area contributed by atoms with Crippen molar-refractivity contribution in [3.8, 4) is 5.75 Å². The molecule has 0 spiro atoms. The molecular weight excluding hydrogens is 210 g/mol. The summed E-state index contributed by atoms with van der Waals surface area (Å²) in [5.41, 5.74) is 2.79. The predicted octanol–water partition coefficient (Wildman–Crippen LogP) is 2.85. The number of nitrogens with one attached hydrogen (secondary N) is 1. The van der Waals surface area contributed by atoms with Crippen LogP contribution in [0.15, 0.2) is 30.3 Å². The van der Waals surface area contributed by atoms with Crippen molar-refractivity contribution < 1.29 is 4.74 Å². The summed E-state index contributed by atoms with van der Waals surface area (Å²) in [4.78, 5) is 0. The summed E-state index contributed by atoms with van der Waals surface area (Å²) < 4.78 is 5.74. The van der Waals surface area contributed by atoms with E-state index in [1.165, 1.54) is 24.0 Å². The molecule has 2 heteroatoms. The van der Waals surface area contributed by atoms with E-state index in [4.69, 9.17) is 4.74 Å². The van der Waals surface area contributed by atoms with Gasteiger partial charge < -0.3 is 10.1 Å². The van der Waals surface area contributed by atoms with Gasteiger partial charge in [0.15, 0.2) is 0 Å². The molecule has 17 heavy (non-hydrogen) atoms. The van der Waals surface area contributed by atoms with Crippen LogP contribution in [-0.2, 0) is 0 Å². The summed E-state index contributed by atoms with van der Waals surface area (Å²) in [7, 11) is 0. The Balaban J connectivity index is 1.63. The van der Waals surface area contributed by atoms with Crippen LogP contribution in [0.25, 0.3) is 5.57 Å². The van der Waals surface area contributed by atoms with Gasteiger partial charge in [0.25, 0.3) is 0 Å². The molecule has 1 fully saturated rings. The SMILES string of the molecule is C1=C(c2ccc(OCC3CC3)cc2)CCNC1. The van der Waals surface area contributed by atoms with Gasteiger partial charge in [-0.2, -0.15) is 0 Å². The minimum Gasteiger partial charge on any atom is -0.493 e. The summed E-state index contributed by atoms with van der Waals surface area (Å²) in [6.45, 7) is 2.98. The number of hydrogen-bond donors (Lipinski definition) is 1. The van der Waals surface area contributed by atoms with Gasteiger partial charge in [-0.05, 0) is 55.0 Å². The number of ether oxygens (including phenoxy) is 1. The first-order chi connectivity index (χ1) is 8.42. The standard InChI is InChI=1S/C15H19NO/c1-2-12(1)11-17-15-5-3-13(4-6-15)14-7-9-16-10-8-14/h3-7,12,16H,1-2,8-11H2. The van der Waals surface area contributed by atoms with Gasteiger partial charge in [0.05, 0.1) is 6.61 Å². The largest absolute Gasteiger partial charge is 0.493 e. The van der Waals surface area contributed by atoms with Gasteiger partial charge in [0.2, 0.25) is 0 Å². The fourth-order valence-electron chi connectivity index (χ4n) is 2.15. The molecule has 1 aliphatic heterocycles. The van der Waals surface area contributed by atoms with E-state index in [2.05, 4.69) is 35.7 Å². The molecule has 0 saturated heterocycles. The van der Waals surface area contributed by atoms with Crippen molar-refractivity contribution in [3.05, 3.63) is 35.9 Å². The molecule has 1 saturated carbocycles. The lowest BCUT2D eigenvalue weighted by Gasteiger charge is -2.14. The maximum Gasteiger partial charge on any atom is 0.119 e. The maximum atomic E-state index is 5.74. The maximum absolute atomic E-state index is 5.74. The highest BCUT2D eigenvalue weighted by atomic mass is 16.5. The summed E-state index contributed by atoms with van der Waals surface area (Å²) in [6.07, 6.45) is 6.10. The van der Waals surface area contributed by atoms with Crippen LogP contribution >= 0.6 is 0 Å². The van der Waals surface area contributed by atoms with Crippen LogP contribution in [0.3, 0.4) is 0 Å². The van der Waals surface area contributed by atoms with Crippen molar-refractivity contribution in [2.75, 3.05) is 19.7 Å². The van der Waals surface area contributed by atoms with Gasteiger partial charge >= 0.3 is 0 Å².